The van der Waals surface area contributed by atoms with Gasteiger partial charge in [-0.2, -0.15) is 13.5 Å². The van der Waals surface area contributed by atoms with Crippen LogP contribution in [0.4, 0.5) is 17.1 Å². The Morgan fingerprint density at radius 3 is 2.45 bits per heavy atom. The van der Waals surface area contributed by atoms with Gasteiger partial charge in [-0.1, -0.05) is 25.4 Å². The van der Waals surface area contributed by atoms with Crippen LogP contribution < -0.4 is 5.32 Å². The molecular weight excluding hydrogens is 474 g/mol. The number of likely N-dealkylation sites (N-methyl/N-ethyl adjacent to an activating group) is 1. The number of hydrogen-bond acceptors (Lipinski definition) is 8. The number of nitrogens with one attached hydrogen (secondary N) is 1. The maximum atomic E-state index is 11.6. The molecule has 0 saturated carbocycles. The fraction of sp³-hybridized carbons (Fsp3) is 0.350. The molecule has 0 aliphatic carbocycles. The van der Waals surface area contributed by atoms with Gasteiger partial charge < -0.3 is 15.3 Å². The van der Waals surface area contributed by atoms with E-state index in [4.69, 9.17) is 21.3 Å². The maximum absolute atomic E-state index is 11.6. The molecule has 0 bridgehead atoms. The van der Waals surface area contributed by atoms with Crippen LogP contribution in [-0.4, -0.2) is 63.6 Å². The van der Waals surface area contributed by atoms with Gasteiger partial charge in [-0.15, -0.1) is 0 Å². The largest absolute Gasteiger partial charge is 0.506 e. The second-order valence-corrected chi connectivity index (χ2v) is 9.23. The molecule has 33 heavy (non-hydrogen) atoms. The van der Waals surface area contributed by atoms with E-state index >= 15 is 0 Å². The Balaban J connectivity index is 0.000000555. The summed E-state index contributed by atoms with van der Waals surface area (Å²) in [7, 11) is -3.67. The van der Waals surface area contributed by atoms with Crippen LogP contribution in [0, 0.1) is 10.1 Å². The highest BCUT2D eigenvalue weighted by Crippen LogP contribution is 2.51. The number of aromatic nitrogens is 2. The second kappa shape index (κ2) is 9.51. The lowest BCUT2D eigenvalue weighted by molar-refractivity contribution is -0.383. The Labute approximate surface area is 195 Å². The number of benzene rings is 2. The van der Waals surface area contributed by atoms with Crippen LogP contribution in [0.15, 0.2) is 24.3 Å². The summed E-state index contributed by atoms with van der Waals surface area (Å²) in [6, 6.07) is 6.33. The van der Waals surface area contributed by atoms with Crippen LogP contribution in [0.3, 0.4) is 0 Å². The number of anilines is 2. The quantitative estimate of drug-likeness (QED) is 0.156. The molecule has 0 radical (unpaired) electrons. The van der Waals surface area contributed by atoms with Crippen molar-refractivity contribution in [2.75, 3.05) is 31.2 Å². The van der Waals surface area contributed by atoms with Crippen LogP contribution in [0.2, 0.25) is 5.02 Å². The molecular formula is C20H24ClN5O6S. The number of hydrogen-bond donors (Lipinski definition) is 3. The van der Waals surface area contributed by atoms with Crippen molar-refractivity contribution in [1.82, 2.24) is 14.7 Å². The number of nitro benzene ring substituents is 1. The molecule has 3 N–H and O–H groups in total. The highest BCUT2D eigenvalue weighted by atomic mass is 35.5. The first kappa shape index (κ1) is 24.7. The number of aromatic hydroxyl groups is 1. The van der Waals surface area contributed by atoms with E-state index in [0.717, 1.165) is 25.2 Å². The molecule has 13 heteroatoms. The van der Waals surface area contributed by atoms with Gasteiger partial charge in [0.15, 0.2) is 0 Å². The molecule has 178 valence electrons. The fourth-order valence-electron chi connectivity index (χ4n) is 3.70. The van der Waals surface area contributed by atoms with Gasteiger partial charge in [-0.25, -0.2) is 0 Å². The summed E-state index contributed by atoms with van der Waals surface area (Å²) < 4.78 is 27.7. The van der Waals surface area contributed by atoms with Crippen LogP contribution in [0.1, 0.15) is 13.8 Å². The molecule has 0 atom stereocenters. The summed E-state index contributed by atoms with van der Waals surface area (Å²) in [6.45, 7) is 7.53. The highest BCUT2D eigenvalue weighted by molar-refractivity contribution is 7.85. The molecule has 1 aliphatic heterocycles. The number of phenols is 1. The molecule has 0 spiro atoms. The summed E-state index contributed by atoms with van der Waals surface area (Å²) in [5, 5.41) is 30.3. The third kappa shape index (κ3) is 5.19. The van der Waals surface area contributed by atoms with Crippen molar-refractivity contribution in [3.05, 3.63) is 39.4 Å². The number of halogens is 1. The van der Waals surface area contributed by atoms with E-state index in [-0.39, 0.29) is 16.5 Å². The van der Waals surface area contributed by atoms with Gasteiger partial charge in [0.05, 0.1) is 39.3 Å². The van der Waals surface area contributed by atoms with Crippen LogP contribution in [0.5, 0.6) is 5.75 Å². The summed E-state index contributed by atoms with van der Waals surface area (Å²) in [5.41, 5.74) is 2.86. The normalized spacial score (nSPS) is 12.2. The van der Waals surface area contributed by atoms with Gasteiger partial charge in [-0.05, 0) is 31.3 Å². The Morgan fingerprint density at radius 2 is 1.88 bits per heavy atom. The minimum absolute atomic E-state index is 0.0214. The van der Waals surface area contributed by atoms with Gasteiger partial charge in [0.1, 0.15) is 17.1 Å². The monoisotopic (exact) mass is 497 g/mol. The van der Waals surface area contributed by atoms with Gasteiger partial charge in [0, 0.05) is 18.2 Å². The fourth-order valence-corrected chi connectivity index (χ4v) is 3.95. The average molecular weight is 498 g/mol. The Bertz CT molecular complexity index is 1310. The van der Waals surface area contributed by atoms with E-state index < -0.39 is 15.0 Å². The van der Waals surface area contributed by atoms with Crippen molar-refractivity contribution < 1.29 is 23.0 Å². The molecule has 3 aromatic rings. The molecule has 2 heterocycles. The maximum Gasteiger partial charge on any atom is 0.293 e. The zero-order valence-electron chi connectivity index (χ0n) is 18.2. The number of nitrogens with zero attached hydrogens (tertiary/aromatic N) is 4. The average Bonchev–Trinajstić information content (AvgIpc) is 3.10. The Kier molecular flexibility index (Phi) is 7.12. The number of phenolic OH excluding ortho intramolecular Hbond substituents is 1. The molecule has 0 fully saturated rings. The Morgan fingerprint density at radius 1 is 1.24 bits per heavy atom. The third-order valence-electron chi connectivity index (χ3n) is 5.23. The SMILES string of the molecule is CCN(CC)CCn1nc2c3c(c([N+](=O)[O-])ccc31)Nc1ccc(O)c(Cl)c1-2.CS(=O)(=O)O. The van der Waals surface area contributed by atoms with Crippen LogP contribution >= 0.6 is 11.6 Å². The second-order valence-electron chi connectivity index (χ2n) is 7.39. The topological polar surface area (TPSA) is 151 Å². The lowest BCUT2D eigenvalue weighted by Crippen LogP contribution is -2.27. The molecule has 0 saturated heterocycles. The number of fused-ring (bicyclic) bond motifs is 2. The van der Waals surface area contributed by atoms with Crippen molar-refractivity contribution in [3.63, 3.8) is 0 Å². The van der Waals surface area contributed by atoms with Crippen molar-refractivity contribution in [2.45, 2.75) is 20.4 Å². The van der Waals surface area contributed by atoms with E-state index in [1.807, 2.05) is 4.68 Å². The zero-order chi connectivity index (χ0) is 24.5. The lowest BCUT2D eigenvalue weighted by Gasteiger charge is -2.19. The van der Waals surface area contributed by atoms with Gasteiger partial charge in [0.2, 0.25) is 0 Å². The first-order chi connectivity index (χ1) is 15.5. The number of nitro groups is 1. The minimum atomic E-state index is -3.67. The summed E-state index contributed by atoms with van der Waals surface area (Å²) in [5.74, 6) is -0.0538. The molecule has 11 nitrogen and oxygen atoms in total. The minimum Gasteiger partial charge on any atom is -0.506 e. The smallest absolute Gasteiger partial charge is 0.293 e. The van der Waals surface area contributed by atoms with Gasteiger partial charge in [0.25, 0.3) is 15.8 Å². The highest BCUT2D eigenvalue weighted by Gasteiger charge is 2.31. The molecule has 2 aromatic carbocycles. The number of rotatable bonds is 6. The van der Waals surface area contributed by atoms with E-state index in [9.17, 15) is 23.6 Å². The van der Waals surface area contributed by atoms with E-state index in [0.29, 0.717) is 40.8 Å². The van der Waals surface area contributed by atoms with E-state index in [1.54, 1.807) is 12.1 Å². The zero-order valence-corrected chi connectivity index (χ0v) is 19.8. The predicted molar refractivity (Wildman–Crippen MR) is 127 cm³/mol. The standard InChI is InChI=1S/C19H20ClN5O3.CH4O3S/c1-3-23(4-2)9-10-24-12-6-7-13(25(27)28)18-16(12)19(22-24)15-11(21-18)5-8-14(26)17(15)20;1-5(2,3)4/h5-8,21,26H,3-4,9-10H2,1-2H3;1H3,(H,2,3,4). The van der Waals surface area contributed by atoms with E-state index in [2.05, 4.69) is 24.1 Å². The lowest BCUT2D eigenvalue weighted by atomic mass is 9.99. The summed E-state index contributed by atoms with van der Waals surface area (Å²) in [4.78, 5) is 13.4. The molecule has 1 aliphatic rings. The molecule has 0 unspecified atom stereocenters. The van der Waals surface area contributed by atoms with Crippen LogP contribution in [-0.2, 0) is 16.7 Å². The van der Waals surface area contributed by atoms with Crippen molar-refractivity contribution >= 4 is 49.7 Å². The van der Waals surface area contributed by atoms with Crippen molar-refractivity contribution in [2.24, 2.45) is 0 Å². The summed E-state index contributed by atoms with van der Waals surface area (Å²) in [6.07, 6.45) is 0.715. The van der Waals surface area contributed by atoms with E-state index in [1.165, 1.54) is 12.1 Å². The van der Waals surface area contributed by atoms with Crippen molar-refractivity contribution in [3.8, 4) is 17.0 Å². The summed E-state index contributed by atoms with van der Waals surface area (Å²) >= 11 is 6.37. The Hall–Kier alpha value is -2.93. The van der Waals surface area contributed by atoms with Crippen molar-refractivity contribution in [1.29, 1.82) is 0 Å². The molecule has 1 aromatic heterocycles. The third-order valence-corrected chi connectivity index (χ3v) is 5.62. The molecule has 0 amide bonds. The van der Waals surface area contributed by atoms with Gasteiger partial charge >= 0.3 is 0 Å². The first-order valence-electron chi connectivity index (χ1n) is 10.1. The molecule has 4 rings (SSSR count). The first-order valence-corrected chi connectivity index (χ1v) is 12.3. The predicted octanol–water partition coefficient (Wildman–Crippen LogP) is 3.87. The van der Waals surface area contributed by atoms with Gasteiger partial charge in [-0.3, -0.25) is 19.3 Å². The van der Waals surface area contributed by atoms with Crippen LogP contribution in [0.25, 0.3) is 22.2 Å².